The average molecular weight is 378 g/mol. The summed E-state index contributed by atoms with van der Waals surface area (Å²) >= 11 is 0. The number of aliphatic carboxylic acids is 1. The normalized spacial score (nSPS) is 16.0. The van der Waals surface area contributed by atoms with Gasteiger partial charge in [0.05, 0.1) is 5.69 Å². The highest BCUT2D eigenvalue weighted by molar-refractivity contribution is 7.92. The second-order valence-corrected chi connectivity index (χ2v) is 7.76. The summed E-state index contributed by atoms with van der Waals surface area (Å²) in [6.07, 6.45) is 2.12. The number of carbonyl (C=O) groups excluding carboxylic acids is 1. The van der Waals surface area contributed by atoms with E-state index in [-0.39, 0.29) is 24.4 Å². The molecule has 1 fully saturated rings. The van der Waals surface area contributed by atoms with Crippen molar-refractivity contribution in [2.75, 3.05) is 10.8 Å². The monoisotopic (exact) mass is 378 g/mol. The summed E-state index contributed by atoms with van der Waals surface area (Å²) in [6, 6.07) is 8.56. The van der Waals surface area contributed by atoms with E-state index in [0.717, 1.165) is 27.1 Å². The topological polar surface area (TPSA) is 124 Å². The van der Waals surface area contributed by atoms with Gasteiger partial charge in [-0.25, -0.2) is 9.03 Å². The zero-order chi connectivity index (χ0) is 18.9. The van der Waals surface area contributed by atoms with Gasteiger partial charge in [0.15, 0.2) is 0 Å². The van der Waals surface area contributed by atoms with Crippen LogP contribution in [-0.4, -0.2) is 37.1 Å². The molecule has 8 nitrogen and oxygen atoms in total. The van der Waals surface area contributed by atoms with Gasteiger partial charge in [0.2, 0.25) is 0 Å². The second-order valence-electron chi connectivity index (χ2n) is 6.16. The van der Waals surface area contributed by atoms with Crippen LogP contribution in [0.2, 0.25) is 0 Å². The van der Waals surface area contributed by atoms with Gasteiger partial charge < -0.3 is 10.2 Å². The van der Waals surface area contributed by atoms with Gasteiger partial charge in [-0.05, 0) is 47.7 Å². The minimum absolute atomic E-state index is 0.0406. The van der Waals surface area contributed by atoms with Crippen molar-refractivity contribution in [3.05, 3.63) is 35.9 Å². The van der Waals surface area contributed by atoms with E-state index >= 15 is 0 Å². The first-order valence-electron chi connectivity index (χ1n) is 8.07. The van der Waals surface area contributed by atoms with E-state index in [9.17, 15) is 23.1 Å². The summed E-state index contributed by atoms with van der Waals surface area (Å²) in [5.41, 5.74) is 1.02. The molecule has 2 aromatic carbocycles. The van der Waals surface area contributed by atoms with Crippen LogP contribution in [0.1, 0.15) is 24.8 Å². The molecule has 26 heavy (non-hydrogen) atoms. The number of nitrogens with one attached hydrogen (secondary N) is 1. The Labute approximate surface area is 150 Å². The van der Waals surface area contributed by atoms with Gasteiger partial charge >= 0.3 is 16.2 Å². The Morgan fingerprint density at radius 3 is 2.58 bits per heavy atom. The van der Waals surface area contributed by atoms with Gasteiger partial charge in [0.1, 0.15) is 12.3 Å². The molecule has 0 unspecified atom stereocenters. The molecule has 0 aliphatic carbocycles. The lowest BCUT2D eigenvalue weighted by Gasteiger charge is -2.17. The maximum absolute atomic E-state index is 12.0. The van der Waals surface area contributed by atoms with Crippen LogP contribution in [0.15, 0.2) is 30.3 Å². The molecule has 2 aromatic rings. The van der Waals surface area contributed by atoms with Crippen molar-refractivity contribution < 1.29 is 28.2 Å². The van der Waals surface area contributed by atoms with E-state index < -0.39 is 22.1 Å². The van der Waals surface area contributed by atoms with Crippen molar-refractivity contribution in [1.29, 1.82) is 0 Å². The van der Waals surface area contributed by atoms with Gasteiger partial charge in [-0.2, -0.15) is 8.42 Å². The lowest BCUT2D eigenvalue weighted by molar-refractivity contribution is -0.137. The largest absolute Gasteiger partial charge is 0.506 e. The Bertz CT molecular complexity index is 986. The number of nitrogens with zero attached hydrogens (tertiary/aromatic N) is 1. The molecule has 1 heterocycles. The summed E-state index contributed by atoms with van der Waals surface area (Å²) < 4.78 is 26.7. The summed E-state index contributed by atoms with van der Waals surface area (Å²) in [4.78, 5) is 22.0. The average Bonchev–Trinajstić information content (AvgIpc) is 2.83. The molecule has 3 rings (SSSR count). The number of phenolic OH excluding ortho intramolecular Hbond substituents is 1. The van der Waals surface area contributed by atoms with Crippen LogP contribution >= 0.6 is 0 Å². The van der Waals surface area contributed by atoms with Crippen LogP contribution in [0.5, 0.6) is 5.75 Å². The van der Waals surface area contributed by atoms with Crippen LogP contribution in [-0.2, 0) is 26.2 Å². The van der Waals surface area contributed by atoms with Crippen LogP contribution < -0.4 is 9.03 Å². The highest BCUT2D eigenvalue weighted by Gasteiger charge is 2.35. The lowest BCUT2D eigenvalue weighted by Crippen LogP contribution is -2.29. The zero-order valence-electron chi connectivity index (χ0n) is 13.8. The van der Waals surface area contributed by atoms with E-state index in [1.54, 1.807) is 0 Å². The van der Waals surface area contributed by atoms with E-state index in [1.807, 2.05) is 22.9 Å². The van der Waals surface area contributed by atoms with E-state index in [4.69, 9.17) is 5.11 Å². The van der Waals surface area contributed by atoms with Crippen LogP contribution in [0.4, 0.5) is 5.69 Å². The minimum atomic E-state index is -4.00. The van der Waals surface area contributed by atoms with Crippen molar-refractivity contribution in [1.82, 2.24) is 4.72 Å². The molecule has 3 N–H and O–H groups in total. The summed E-state index contributed by atoms with van der Waals surface area (Å²) in [7, 11) is -4.00. The molecule has 0 atom stereocenters. The van der Waals surface area contributed by atoms with Crippen molar-refractivity contribution in [3.8, 4) is 5.75 Å². The number of fused-ring (bicyclic) bond motifs is 1. The number of benzene rings is 2. The number of carbonyl (C=O) groups is 2. The molecule has 0 saturated carbocycles. The Morgan fingerprint density at radius 2 is 1.92 bits per heavy atom. The van der Waals surface area contributed by atoms with E-state index in [1.165, 1.54) is 12.1 Å². The molecule has 1 aliphatic heterocycles. The minimum Gasteiger partial charge on any atom is -0.506 e. The molecule has 0 aromatic heterocycles. The second kappa shape index (κ2) is 6.83. The lowest BCUT2D eigenvalue weighted by atomic mass is 10.0. The molecule has 0 bridgehead atoms. The number of anilines is 1. The van der Waals surface area contributed by atoms with Gasteiger partial charge in [-0.1, -0.05) is 18.2 Å². The van der Waals surface area contributed by atoms with E-state index in [0.29, 0.717) is 12.8 Å². The zero-order valence-corrected chi connectivity index (χ0v) is 14.6. The summed E-state index contributed by atoms with van der Waals surface area (Å²) in [6.45, 7) is -0.379. The third-order valence-electron chi connectivity index (χ3n) is 4.19. The third-order valence-corrected chi connectivity index (χ3v) is 5.58. The highest BCUT2D eigenvalue weighted by Crippen LogP contribution is 2.35. The third kappa shape index (κ3) is 3.72. The summed E-state index contributed by atoms with van der Waals surface area (Å²) in [5.74, 6) is -1.71. The van der Waals surface area contributed by atoms with Gasteiger partial charge in [-0.3, -0.25) is 9.59 Å². The Kier molecular flexibility index (Phi) is 4.73. The Balaban J connectivity index is 1.88. The smallest absolute Gasteiger partial charge is 0.326 e. The Morgan fingerprint density at radius 1 is 1.15 bits per heavy atom. The van der Waals surface area contributed by atoms with Crippen LogP contribution in [0.3, 0.4) is 0 Å². The standard InChI is InChI=1S/C17H18N2O6S/c20-15-9-12-6-5-11(3-1-2-4-17(22)23)7-13(12)8-14(15)19-10-16(21)18-26(19,24)25/h5-9,20H,1-4,10H2,(H,18,21)(H,22,23). The highest BCUT2D eigenvalue weighted by atomic mass is 32.2. The number of carboxylic acid groups (broad SMARTS) is 1. The number of aromatic hydroxyl groups is 1. The summed E-state index contributed by atoms with van der Waals surface area (Å²) in [5, 5.41) is 20.3. The first-order chi connectivity index (χ1) is 12.3. The number of rotatable bonds is 6. The number of phenols is 1. The van der Waals surface area contributed by atoms with Crippen LogP contribution in [0.25, 0.3) is 10.8 Å². The molecule has 138 valence electrons. The fraction of sp³-hybridized carbons (Fsp3) is 0.294. The first kappa shape index (κ1) is 18.0. The molecule has 0 spiro atoms. The number of hydrogen-bond acceptors (Lipinski definition) is 5. The van der Waals surface area contributed by atoms with Crippen molar-refractivity contribution >= 4 is 38.5 Å². The molecule has 1 saturated heterocycles. The molecule has 9 heteroatoms. The number of amides is 1. The van der Waals surface area contributed by atoms with Gasteiger partial charge in [-0.15, -0.1) is 0 Å². The van der Waals surface area contributed by atoms with Crippen LogP contribution in [0, 0.1) is 0 Å². The number of unbranched alkanes of at least 4 members (excludes halogenated alkanes) is 1. The fourth-order valence-corrected chi connectivity index (χ4v) is 4.10. The van der Waals surface area contributed by atoms with Gasteiger partial charge in [0, 0.05) is 6.42 Å². The first-order valence-corrected chi connectivity index (χ1v) is 9.51. The molecular weight excluding hydrogens is 360 g/mol. The number of aryl methyl sites for hydroxylation is 1. The van der Waals surface area contributed by atoms with Gasteiger partial charge in [0.25, 0.3) is 5.91 Å². The molecular formula is C17H18N2O6S. The maximum atomic E-state index is 12.0. The molecule has 1 aliphatic rings. The fourth-order valence-electron chi connectivity index (χ4n) is 2.95. The predicted octanol–water partition coefficient (Wildman–Crippen LogP) is 1.52. The molecule has 1 amide bonds. The Hall–Kier alpha value is -2.81. The van der Waals surface area contributed by atoms with Crippen molar-refractivity contribution in [3.63, 3.8) is 0 Å². The maximum Gasteiger partial charge on any atom is 0.326 e. The number of hydrogen-bond donors (Lipinski definition) is 3. The predicted molar refractivity (Wildman–Crippen MR) is 95.2 cm³/mol. The quantitative estimate of drug-likeness (QED) is 0.655. The SMILES string of the molecule is O=C(O)CCCCc1ccc2cc(O)c(N3CC(=O)NS3(=O)=O)cc2c1. The van der Waals surface area contributed by atoms with Crippen molar-refractivity contribution in [2.24, 2.45) is 0 Å². The van der Waals surface area contributed by atoms with E-state index in [2.05, 4.69) is 0 Å². The van der Waals surface area contributed by atoms with Crippen molar-refractivity contribution in [2.45, 2.75) is 25.7 Å². The number of carboxylic acids is 1. The molecule has 0 radical (unpaired) electrons.